The van der Waals surface area contributed by atoms with E-state index in [9.17, 15) is 4.91 Å². The van der Waals surface area contributed by atoms with Gasteiger partial charge in [0.05, 0.1) is 0 Å². The summed E-state index contributed by atoms with van der Waals surface area (Å²) in [7, 11) is 0. The summed E-state index contributed by atoms with van der Waals surface area (Å²) in [4.78, 5) is 9.89. The zero-order valence-corrected chi connectivity index (χ0v) is 6.93. The van der Waals surface area contributed by atoms with E-state index in [4.69, 9.17) is 11.6 Å². The lowest BCUT2D eigenvalue weighted by Gasteiger charge is -1.98. The molecule has 0 bridgehead atoms. The summed E-state index contributed by atoms with van der Waals surface area (Å²) < 4.78 is 0. The lowest BCUT2D eigenvalue weighted by Crippen LogP contribution is -1.82. The van der Waals surface area contributed by atoms with Crippen molar-refractivity contribution in [2.24, 2.45) is 5.18 Å². The van der Waals surface area contributed by atoms with Crippen LogP contribution in [0.25, 0.3) is 0 Å². The van der Waals surface area contributed by atoms with Crippen molar-refractivity contribution >= 4 is 11.6 Å². The Morgan fingerprint density at radius 2 is 2.27 bits per heavy atom. The average molecular weight is 170 g/mol. The zero-order chi connectivity index (χ0) is 8.27. The minimum atomic E-state index is 0.220. The van der Waals surface area contributed by atoms with E-state index in [1.54, 1.807) is 12.1 Å². The Morgan fingerprint density at radius 1 is 1.55 bits per heavy atom. The quantitative estimate of drug-likeness (QED) is 0.626. The highest BCUT2D eigenvalue weighted by atomic mass is 35.5. The van der Waals surface area contributed by atoms with Crippen LogP contribution in [0, 0.1) is 11.8 Å². The molecule has 0 heterocycles. The van der Waals surface area contributed by atoms with Crippen molar-refractivity contribution in [3.63, 3.8) is 0 Å². The van der Waals surface area contributed by atoms with E-state index >= 15 is 0 Å². The lowest BCUT2D eigenvalue weighted by atomic mass is 10.1. The molecule has 0 amide bonds. The Labute approximate surface area is 70.2 Å². The van der Waals surface area contributed by atoms with Crippen LogP contribution in [0.2, 0.25) is 5.02 Å². The monoisotopic (exact) mass is 169 g/mol. The Bertz CT molecular complexity index is 273. The first-order valence-electron chi connectivity index (χ1n) is 3.28. The second-order valence-electron chi connectivity index (χ2n) is 2.37. The first kappa shape index (κ1) is 8.21. The molecule has 3 heteroatoms. The molecule has 0 aliphatic rings. The van der Waals surface area contributed by atoms with Crippen molar-refractivity contribution in [2.45, 2.75) is 13.5 Å². The van der Waals surface area contributed by atoms with Gasteiger partial charge in [0.1, 0.15) is 6.54 Å². The van der Waals surface area contributed by atoms with Gasteiger partial charge in [-0.2, -0.15) is 4.91 Å². The summed E-state index contributed by atoms with van der Waals surface area (Å²) in [6, 6.07) is 5.44. The second-order valence-corrected chi connectivity index (χ2v) is 2.78. The van der Waals surface area contributed by atoms with E-state index in [2.05, 4.69) is 5.18 Å². The van der Waals surface area contributed by atoms with Crippen LogP contribution in [-0.2, 0) is 6.54 Å². The summed E-state index contributed by atoms with van der Waals surface area (Å²) in [6.07, 6.45) is 0. The largest absolute Gasteiger partial charge is 0.150 e. The van der Waals surface area contributed by atoms with Crippen LogP contribution in [0.5, 0.6) is 0 Å². The molecule has 0 spiro atoms. The topological polar surface area (TPSA) is 29.4 Å². The fourth-order valence-electron chi connectivity index (χ4n) is 0.880. The lowest BCUT2D eigenvalue weighted by molar-refractivity contribution is 1.05. The van der Waals surface area contributed by atoms with Gasteiger partial charge >= 0.3 is 0 Å². The molecule has 0 aromatic heterocycles. The molecule has 0 fully saturated rings. The molecule has 11 heavy (non-hydrogen) atoms. The number of benzene rings is 1. The van der Waals surface area contributed by atoms with Crippen molar-refractivity contribution in [1.82, 2.24) is 0 Å². The van der Waals surface area contributed by atoms with E-state index in [-0.39, 0.29) is 6.54 Å². The SMILES string of the molecule is Cc1cc(CN=O)ccc1Cl. The van der Waals surface area contributed by atoms with Gasteiger partial charge in [-0.3, -0.25) is 0 Å². The first-order valence-corrected chi connectivity index (χ1v) is 3.66. The van der Waals surface area contributed by atoms with Crippen molar-refractivity contribution < 1.29 is 0 Å². The molecular weight excluding hydrogens is 162 g/mol. The predicted octanol–water partition coefficient (Wildman–Crippen LogP) is 2.91. The molecule has 1 aromatic rings. The van der Waals surface area contributed by atoms with Crippen molar-refractivity contribution in [3.8, 4) is 0 Å². The molecule has 0 aliphatic heterocycles. The highest BCUT2D eigenvalue weighted by Crippen LogP contribution is 2.16. The third-order valence-electron chi connectivity index (χ3n) is 1.47. The van der Waals surface area contributed by atoms with Gasteiger partial charge < -0.3 is 0 Å². The molecule has 1 aromatic carbocycles. The summed E-state index contributed by atoms with van der Waals surface area (Å²) in [5.41, 5.74) is 1.88. The van der Waals surface area contributed by atoms with E-state index in [0.717, 1.165) is 16.1 Å². The van der Waals surface area contributed by atoms with E-state index in [1.165, 1.54) is 0 Å². The molecule has 0 unspecified atom stereocenters. The number of rotatable bonds is 2. The Kier molecular flexibility index (Phi) is 2.60. The van der Waals surface area contributed by atoms with Gasteiger partial charge in [0.25, 0.3) is 0 Å². The zero-order valence-electron chi connectivity index (χ0n) is 6.17. The molecule has 1 rings (SSSR count). The Balaban J connectivity index is 2.95. The molecule has 0 aliphatic carbocycles. The van der Waals surface area contributed by atoms with Crippen molar-refractivity contribution in [3.05, 3.63) is 39.3 Å². The van der Waals surface area contributed by atoms with Crippen molar-refractivity contribution in [1.29, 1.82) is 0 Å². The number of hydrogen-bond donors (Lipinski definition) is 0. The van der Waals surface area contributed by atoms with Crippen molar-refractivity contribution in [2.75, 3.05) is 0 Å². The molecule has 0 N–H and O–H groups in total. The maximum absolute atomic E-state index is 9.89. The number of halogens is 1. The molecule has 2 nitrogen and oxygen atoms in total. The molecule has 0 radical (unpaired) electrons. The van der Waals surface area contributed by atoms with Crippen LogP contribution in [0.3, 0.4) is 0 Å². The fourth-order valence-corrected chi connectivity index (χ4v) is 0.997. The summed E-state index contributed by atoms with van der Waals surface area (Å²) in [5.74, 6) is 0. The van der Waals surface area contributed by atoms with Crippen LogP contribution in [0.1, 0.15) is 11.1 Å². The first-order chi connectivity index (χ1) is 5.24. The summed E-state index contributed by atoms with van der Waals surface area (Å²) in [6.45, 7) is 2.12. The molecular formula is C8H8ClNO. The van der Waals surface area contributed by atoms with Crippen LogP contribution < -0.4 is 0 Å². The Hall–Kier alpha value is -0.890. The van der Waals surface area contributed by atoms with Crippen LogP contribution in [0.4, 0.5) is 0 Å². The highest BCUT2D eigenvalue weighted by Gasteiger charge is 1.96. The maximum atomic E-state index is 9.89. The predicted molar refractivity (Wildman–Crippen MR) is 45.7 cm³/mol. The Morgan fingerprint density at radius 3 is 2.82 bits per heavy atom. The molecule has 58 valence electrons. The highest BCUT2D eigenvalue weighted by molar-refractivity contribution is 6.31. The average Bonchev–Trinajstić information content (AvgIpc) is 1.98. The van der Waals surface area contributed by atoms with Gasteiger partial charge in [0, 0.05) is 5.02 Å². The minimum absolute atomic E-state index is 0.220. The second kappa shape index (κ2) is 3.49. The van der Waals surface area contributed by atoms with Crippen LogP contribution in [-0.4, -0.2) is 0 Å². The van der Waals surface area contributed by atoms with E-state index in [0.29, 0.717) is 0 Å². The number of nitrogens with zero attached hydrogens (tertiary/aromatic N) is 1. The normalized spacial score (nSPS) is 9.64. The van der Waals surface area contributed by atoms with Gasteiger partial charge in [-0.1, -0.05) is 28.9 Å². The van der Waals surface area contributed by atoms with Gasteiger partial charge in [0.2, 0.25) is 0 Å². The summed E-state index contributed by atoms with van der Waals surface area (Å²) >= 11 is 5.77. The van der Waals surface area contributed by atoms with Crippen LogP contribution in [0.15, 0.2) is 23.4 Å². The van der Waals surface area contributed by atoms with E-state index in [1.807, 2.05) is 13.0 Å². The smallest absolute Gasteiger partial charge is 0.106 e. The van der Waals surface area contributed by atoms with Crippen LogP contribution >= 0.6 is 11.6 Å². The summed E-state index contributed by atoms with van der Waals surface area (Å²) in [5, 5.41) is 3.51. The van der Waals surface area contributed by atoms with Gasteiger partial charge in [-0.05, 0) is 24.1 Å². The fraction of sp³-hybridized carbons (Fsp3) is 0.250. The van der Waals surface area contributed by atoms with Gasteiger partial charge in [-0.25, -0.2) is 0 Å². The number of aryl methyl sites for hydroxylation is 1. The van der Waals surface area contributed by atoms with E-state index < -0.39 is 0 Å². The third-order valence-corrected chi connectivity index (χ3v) is 1.89. The number of hydrogen-bond acceptors (Lipinski definition) is 2. The van der Waals surface area contributed by atoms with Gasteiger partial charge in [-0.15, -0.1) is 0 Å². The minimum Gasteiger partial charge on any atom is -0.150 e. The third kappa shape index (κ3) is 2.02. The molecule has 0 saturated carbocycles. The standard InChI is InChI=1S/C8H8ClNO/c1-6-4-7(5-10-11)2-3-8(6)9/h2-4H,5H2,1H3. The van der Waals surface area contributed by atoms with Gasteiger partial charge in [0.15, 0.2) is 0 Å². The number of nitroso groups, excluding NO2 is 1. The maximum Gasteiger partial charge on any atom is 0.106 e. The molecule has 0 saturated heterocycles. The molecule has 0 atom stereocenters.